The van der Waals surface area contributed by atoms with E-state index in [0.717, 1.165) is 41.0 Å². The summed E-state index contributed by atoms with van der Waals surface area (Å²) in [6.45, 7) is 2.10. The van der Waals surface area contributed by atoms with Crippen molar-refractivity contribution in [3.8, 4) is 0 Å². The first-order valence-corrected chi connectivity index (χ1v) is 10.7. The second-order valence-corrected chi connectivity index (χ2v) is 8.90. The van der Waals surface area contributed by atoms with Gasteiger partial charge in [0.05, 0.1) is 34.3 Å². The van der Waals surface area contributed by atoms with Crippen LogP contribution in [0.2, 0.25) is 5.02 Å². The Morgan fingerprint density at radius 1 is 1.34 bits per heavy atom. The number of nitrogens with one attached hydrogen (secondary N) is 4. The number of pyridine rings is 1. The van der Waals surface area contributed by atoms with Crippen LogP contribution in [0, 0.1) is 0 Å². The predicted octanol–water partition coefficient (Wildman–Crippen LogP) is 4.90. The Hall–Kier alpha value is -2.45. The molecule has 0 saturated heterocycles. The largest absolute Gasteiger partial charge is 0.386 e. The maximum absolute atomic E-state index is 12.8. The molecule has 2 amide bonds. The van der Waals surface area contributed by atoms with Crippen LogP contribution in [0.1, 0.15) is 36.8 Å². The van der Waals surface area contributed by atoms with E-state index in [1.807, 2.05) is 0 Å². The average molecular weight is 432 g/mol. The van der Waals surface area contributed by atoms with E-state index in [1.165, 1.54) is 0 Å². The summed E-state index contributed by atoms with van der Waals surface area (Å²) in [5.41, 5.74) is 4.78. The van der Waals surface area contributed by atoms with E-state index in [-0.39, 0.29) is 17.8 Å². The highest BCUT2D eigenvalue weighted by molar-refractivity contribution is 8.00. The molecule has 29 heavy (non-hydrogen) atoms. The van der Waals surface area contributed by atoms with Crippen molar-refractivity contribution in [2.75, 3.05) is 28.3 Å². The van der Waals surface area contributed by atoms with Crippen molar-refractivity contribution in [1.29, 1.82) is 0 Å². The fraction of sp³-hybridized carbons (Fsp3) is 0.350. The number of urea groups is 1. The van der Waals surface area contributed by atoms with Gasteiger partial charge < -0.3 is 26.1 Å². The van der Waals surface area contributed by atoms with Gasteiger partial charge in [-0.25, -0.2) is 9.78 Å². The fourth-order valence-corrected chi connectivity index (χ4v) is 4.77. The summed E-state index contributed by atoms with van der Waals surface area (Å²) in [5, 5.41) is 14.0. The number of fused-ring (bicyclic) bond motifs is 1. The molecule has 9 heteroatoms. The minimum Gasteiger partial charge on any atom is -0.386 e. The van der Waals surface area contributed by atoms with Gasteiger partial charge >= 0.3 is 6.03 Å². The number of aromatic nitrogens is 1. The minimum absolute atomic E-state index is 0.203. The SMILES string of the molecule is CNc1c(CC=O)cc(Cl)cc1NC(=O)Nc1cnc2c(c1C1CC1)NC(C)S2. The maximum Gasteiger partial charge on any atom is 0.323 e. The molecule has 0 spiro atoms. The Morgan fingerprint density at radius 2 is 2.10 bits per heavy atom. The van der Waals surface area contributed by atoms with Crippen LogP contribution < -0.4 is 21.3 Å². The van der Waals surface area contributed by atoms with Crippen LogP contribution in [0.5, 0.6) is 0 Å². The van der Waals surface area contributed by atoms with E-state index >= 15 is 0 Å². The van der Waals surface area contributed by atoms with E-state index in [0.29, 0.717) is 28.0 Å². The quantitative estimate of drug-likeness (QED) is 0.486. The molecule has 1 aromatic carbocycles. The van der Waals surface area contributed by atoms with Crippen molar-refractivity contribution in [2.45, 2.75) is 42.5 Å². The third-order valence-electron chi connectivity index (χ3n) is 4.94. The summed E-state index contributed by atoms with van der Waals surface area (Å²) in [5.74, 6) is 0.443. The molecule has 2 aromatic rings. The highest BCUT2D eigenvalue weighted by Crippen LogP contribution is 2.51. The Bertz CT molecular complexity index is 980. The highest BCUT2D eigenvalue weighted by Gasteiger charge is 2.34. The number of nitrogens with zero attached hydrogens (tertiary/aromatic N) is 1. The van der Waals surface area contributed by atoms with Crippen LogP contribution in [0.25, 0.3) is 0 Å². The molecule has 1 unspecified atom stereocenters. The number of thioether (sulfide) groups is 1. The molecule has 1 fully saturated rings. The zero-order valence-electron chi connectivity index (χ0n) is 16.1. The molecule has 0 radical (unpaired) electrons. The monoisotopic (exact) mass is 431 g/mol. The molecule has 1 saturated carbocycles. The zero-order valence-corrected chi connectivity index (χ0v) is 17.7. The fourth-order valence-electron chi connectivity index (χ4n) is 3.62. The van der Waals surface area contributed by atoms with E-state index in [9.17, 15) is 9.59 Å². The second-order valence-electron chi connectivity index (χ2n) is 7.13. The van der Waals surface area contributed by atoms with Crippen LogP contribution in [-0.4, -0.2) is 29.7 Å². The molecular weight excluding hydrogens is 410 g/mol. The summed E-state index contributed by atoms with van der Waals surface area (Å²) in [6.07, 6.45) is 4.96. The summed E-state index contributed by atoms with van der Waals surface area (Å²) < 4.78 is 0. The topological polar surface area (TPSA) is 95.2 Å². The predicted molar refractivity (Wildman–Crippen MR) is 119 cm³/mol. The first-order chi connectivity index (χ1) is 14.0. The van der Waals surface area contributed by atoms with E-state index < -0.39 is 0 Å². The van der Waals surface area contributed by atoms with Gasteiger partial charge in [-0.2, -0.15) is 0 Å². The Kier molecular flexibility index (Phi) is 5.56. The lowest BCUT2D eigenvalue weighted by atomic mass is 10.1. The van der Waals surface area contributed by atoms with Crippen molar-refractivity contribution >= 4 is 58.4 Å². The number of carbonyl (C=O) groups is 2. The molecule has 4 rings (SSSR count). The van der Waals surface area contributed by atoms with Crippen LogP contribution in [0.4, 0.5) is 27.5 Å². The Balaban J connectivity index is 1.59. The number of hydrogen-bond acceptors (Lipinski definition) is 6. The molecule has 1 aliphatic carbocycles. The van der Waals surface area contributed by atoms with Gasteiger partial charge in [-0.3, -0.25) is 0 Å². The minimum atomic E-state index is -0.386. The van der Waals surface area contributed by atoms with Crippen molar-refractivity contribution < 1.29 is 9.59 Å². The molecular formula is C20H22ClN5O2S. The number of anilines is 4. The number of rotatable bonds is 6. The van der Waals surface area contributed by atoms with Gasteiger partial charge in [-0.15, -0.1) is 0 Å². The standard InChI is InChI=1S/C20H22ClN5O2S/c1-10-24-18-16(11-3-4-11)15(9-23-19(18)29-10)26-20(28)25-14-8-13(21)7-12(5-6-27)17(14)22-2/h6-11,22,24H,3-5H2,1-2H3,(H2,25,26,28). The summed E-state index contributed by atoms with van der Waals surface area (Å²) >= 11 is 7.87. The van der Waals surface area contributed by atoms with Gasteiger partial charge in [0, 0.05) is 24.1 Å². The molecule has 1 aliphatic heterocycles. The summed E-state index contributed by atoms with van der Waals surface area (Å²) in [7, 11) is 1.74. The number of amides is 2. The molecule has 4 N–H and O–H groups in total. The van der Waals surface area contributed by atoms with Crippen LogP contribution in [0.3, 0.4) is 0 Å². The third-order valence-corrected chi connectivity index (χ3v) is 6.16. The molecule has 152 valence electrons. The van der Waals surface area contributed by atoms with Gasteiger partial charge in [0.15, 0.2) is 0 Å². The van der Waals surface area contributed by atoms with Crippen LogP contribution in [-0.2, 0) is 11.2 Å². The van der Waals surface area contributed by atoms with Crippen LogP contribution in [0.15, 0.2) is 23.4 Å². The van der Waals surface area contributed by atoms with Gasteiger partial charge in [-0.1, -0.05) is 23.4 Å². The van der Waals surface area contributed by atoms with Crippen LogP contribution >= 0.6 is 23.4 Å². The van der Waals surface area contributed by atoms with E-state index in [4.69, 9.17) is 11.6 Å². The van der Waals surface area contributed by atoms with Crippen molar-refractivity contribution in [3.63, 3.8) is 0 Å². The lowest BCUT2D eigenvalue weighted by molar-refractivity contribution is -0.107. The number of carbonyl (C=O) groups excluding carboxylic acids is 2. The molecule has 2 aliphatic rings. The maximum atomic E-state index is 12.8. The van der Waals surface area contributed by atoms with Gasteiger partial charge in [0.2, 0.25) is 0 Å². The highest BCUT2D eigenvalue weighted by atomic mass is 35.5. The van der Waals surface area contributed by atoms with Crippen molar-refractivity contribution in [2.24, 2.45) is 0 Å². The molecule has 1 atom stereocenters. The van der Waals surface area contributed by atoms with Crippen molar-refractivity contribution in [1.82, 2.24) is 4.98 Å². The smallest absolute Gasteiger partial charge is 0.323 e. The molecule has 2 heterocycles. The lowest BCUT2D eigenvalue weighted by Gasteiger charge is -2.17. The Morgan fingerprint density at radius 3 is 2.79 bits per heavy atom. The van der Waals surface area contributed by atoms with Gasteiger partial charge in [0.1, 0.15) is 11.3 Å². The zero-order chi connectivity index (χ0) is 20.5. The number of halogens is 1. The lowest BCUT2D eigenvalue weighted by Crippen LogP contribution is -2.21. The number of hydrogen-bond donors (Lipinski definition) is 4. The molecule has 0 bridgehead atoms. The Labute approximate surface area is 178 Å². The van der Waals surface area contributed by atoms with Gasteiger partial charge in [-0.05, 0) is 43.4 Å². The first-order valence-electron chi connectivity index (χ1n) is 9.48. The first kappa shape index (κ1) is 19.8. The average Bonchev–Trinajstić information content (AvgIpc) is 3.42. The van der Waals surface area contributed by atoms with Crippen molar-refractivity contribution in [3.05, 3.63) is 34.5 Å². The van der Waals surface area contributed by atoms with E-state index in [1.54, 1.807) is 37.1 Å². The van der Waals surface area contributed by atoms with Gasteiger partial charge in [0.25, 0.3) is 0 Å². The molecule has 7 nitrogen and oxygen atoms in total. The normalized spacial score (nSPS) is 17.3. The summed E-state index contributed by atoms with van der Waals surface area (Å²) in [4.78, 5) is 28.3. The number of benzene rings is 1. The second kappa shape index (κ2) is 8.12. The van der Waals surface area contributed by atoms with E-state index in [2.05, 4.69) is 33.2 Å². The third kappa shape index (κ3) is 4.13. The number of aldehydes is 1. The molecule has 1 aromatic heterocycles. The summed E-state index contributed by atoms with van der Waals surface area (Å²) in [6, 6.07) is 2.98.